The summed E-state index contributed by atoms with van der Waals surface area (Å²) in [4.78, 5) is 103. The second kappa shape index (κ2) is 46.3. The minimum atomic E-state index is -0.765. The molecule has 134 heavy (non-hydrogen) atoms. The fourth-order valence-corrected chi connectivity index (χ4v) is 15.7. The van der Waals surface area contributed by atoms with Crippen molar-refractivity contribution in [3.8, 4) is 0 Å². The van der Waals surface area contributed by atoms with Crippen LogP contribution >= 0.6 is 0 Å². The molecular formula is C108H136N20O6. The molecule has 4 aliphatic rings. The van der Waals surface area contributed by atoms with Gasteiger partial charge >= 0.3 is 12.1 Å². The Morgan fingerprint density at radius 1 is 0.351 bits per heavy atom. The Labute approximate surface area is 791 Å². The SMILES string of the molecule is CCCCN(CCCC)C1=CC(=O)C(Nc2ccc(N)c(C)c2C)=CC1=Nc1ccc(N)c(C)c1C.CCN(c1ccc(CC2=CC(=Nc3ccc(N(CC)C(C)C)cc3)C(NC(N)=O)=CC2=O)cc1)C(C)C.Cc1c(N)ccc(CC2=CC(=Nc3ccc(N)c(C)c3C)C(NC(N)=O)=CC2=O)c1C.Cc1c(N)ccc(N=C2C=C(Nc3ccc(N)c(C)c3C)C(=O)C=C2N(C)C)c1C. The number of nitrogen functional groups attached to an aromatic ring is 6. The number of nitrogens with one attached hydrogen (secondary N) is 4. The molecule has 0 fully saturated rings. The Morgan fingerprint density at radius 2 is 0.694 bits per heavy atom. The average Bonchev–Trinajstić information content (AvgIpc) is 0.790. The Bertz CT molecular complexity index is 6210. The van der Waals surface area contributed by atoms with Gasteiger partial charge in [0.15, 0.2) is 11.6 Å². The smallest absolute Gasteiger partial charge is 0.316 e. The highest BCUT2D eigenvalue weighted by Gasteiger charge is 2.29. The molecule has 12 rings (SSSR count). The summed E-state index contributed by atoms with van der Waals surface area (Å²) in [7, 11) is 3.80. The summed E-state index contributed by atoms with van der Waals surface area (Å²) in [6.45, 7) is 44.7. The number of ketones is 4. The van der Waals surface area contributed by atoms with Gasteiger partial charge in [-0.25, -0.2) is 29.6 Å². The van der Waals surface area contributed by atoms with E-state index in [1.165, 1.54) is 12.2 Å². The summed E-state index contributed by atoms with van der Waals surface area (Å²) < 4.78 is 0. The Hall–Kier alpha value is -14.8. The van der Waals surface area contributed by atoms with E-state index in [9.17, 15) is 28.8 Å². The quantitative estimate of drug-likeness (QED) is 0.0160. The van der Waals surface area contributed by atoms with Crippen molar-refractivity contribution in [1.29, 1.82) is 0 Å². The van der Waals surface area contributed by atoms with Crippen LogP contribution in [0.25, 0.3) is 0 Å². The van der Waals surface area contributed by atoms with Gasteiger partial charge in [-0.2, -0.15) is 0 Å². The van der Waals surface area contributed by atoms with E-state index < -0.39 is 12.1 Å². The maximum atomic E-state index is 13.4. The number of carbonyl (C=O) groups is 6. The molecule has 0 atom stereocenters. The van der Waals surface area contributed by atoms with Crippen molar-refractivity contribution in [2.24, 2.45) is 31.4 Å². The summed E-state index contributed by atoms with van der Waals surface area (Å²) in [5.74, 6) is -0.533. The number of amides is 4. The van der Waals surface area contributed by atoms with Gasteiger partial charge in [-0.3, -0.25) is 19.2 Å². The van der Waals surface area contributed by atoms with Crippen LogP contribution in [0, 0.1) is 83.1 Å². The summed E-state index contributed by atoms with van der Waals surface area (Å²) in [5, 5.41) is 11.7. The van der Waals surface area contributed by atoms with Crippen LogP contribution in [0.2, 0.25) is 0 Å². The number of urea groups is 2. The molecule has 0 heterocycles. The number of benzene rings is 8. The number of primary amides is 2. The van der Waals surface area contributed by atoms with E-state index in [0.717, 1.165) is 215 Å². The van der Waals surface area contributed by atoms with Crippen molar-refractivity contribution in [1.82, 2.24) is 20.4 Å². The first-order valence-corrected chi connectivity index (χ1v) is 45.7. The predicted molar refractivity (Wildman–Crippen MR) is 559 cm³/mol. The third kappa shape index (κ3) is 25.9. The summed E-state index contributed by atoms with van der Waals surface area (Å²) in [6, 6.07) is 38.0. The van der Waals surface area contributed by atoms with Gasteiger partial charge in [0.2, 0.25) is 11.6 Å². The van der Waals surface area contributed by atoms with E-state index in [0.29, 0.717) is 81.7 Å². The van der Waals surface area contributed by atoms with Gasteiger partial charge < -0.3 is 86.7 Å². The average molecular weight is 1810 g/mol. The lowest BCUT2D eigenvalue weighted by Gasteiger charge is -2.30. The van der Waals surface area contributed by atoms with Crippen LogP contribution in [0.15, 0.2) is 235 Å². The van der Waals surface area contributed by atoms with Gasteiger partial charge in [0.1, 0.15) is 0 Å². The summed E-state index contributed by atoms with van der Waals surface area (Å²) in [6.07, 6.45) is 18.4. The molecule has 0 saturated heterocycles. The first-order chi connectivity index (χ1) is 63.5. The number of allylic oxidation sites excluding steroid dienone is 10. The van der Waals surface area contributed by atoms with Gasteiger partial charge in [0.05, 0.1) is 79.8 Å². The molecule has 0 saturated carbocycles. The minimum Gasteiger partial charge on any atom is -0.399 e. The lowest BCUT2D eigenvalue weighted by Crippen LogP contribution is -2.34. The molecule has 26 nitrogen and oxygen atoms in total. The lowest BCUT2D eigenvalue weighted by atomic mass is 9.91. The lowest BCUT2D eigenvalue weighted by molar-refractivity contribution is -0.112. The van der Waals surface area contributed by atoms with E-state index >= 15 is 0 Å². The highest BCUT2D eigenvalue weighted by atomic mass is 16.2. The molecule has 20 N–H and O–H groups in total. The highest BCUT2D eigenvalue weighted by molar-refractivity contribution is 6.26. The molecule has 0 bridgehead atoms. The molecule has 704 valence electrons. The number of aliphatic imine (C=N–C) groups is 4. The molecular weight excluding hydrogens is 1670 g/mol. The van der Waals surface area contributed by atoms with Gasteiger partial charge in [0, 0.05) is 158 Å². The highest BCUT2D eigenvalue weighted by Crippen LogP contribution is 2.36. The van der Waals surface area contributed by atoms with Gasteiger partial charge in [-0.05, 0) is 343 Å². The van der Waals surface area contributed by atoms with Crippen LogP contribution in [0.5, 0.6) is 0 Å². The maximum Gasteiger partial charge on any atom is 0.316 e. The van der Waals surface area contributed by atoms with Crippen molar-refractivity contribution in [2.45, 2.75) is 189 Å². The molecule has 0 radical (unpaired) electrons. The fourth-order valence-electron chi connectivity index (χ4n) is 15.7. The molecule has 0 aromatic heterocycles. The van der Waals surface area contributed by atoms with Crippen LogP contribution in [-0.4, -0.2) is 120 Å². The number of nitrogens with two attached hydrogens (primary N) is 8. The standard InChI is InChI=1S/C30H39N5O2.C30H41N5O.C24H27N5O2.C24H29N5O/c1-7-34(20(3)4)25-13-9-22(10-14-25)17-23-18-27(28(19-29(23)36)33-30(31)37)32-24-11-15-26(16-12-24)35(8-2)21(5)6;1-7-9-15-35(16-10-8-2)29-18-30(36)28(34-26-14-12-24(32)20(4)22(26)6)17-27(29)33-25-13-11-23(31)19(3)21(25)5;1-12-13(2)18(25)6-5-16(12)9-17-10-21(22(11-23(17)30)29-24(27)31)28-20-8-7-19(26)14(3)15(20)4;1-13-15(3)19(9-7-17(13)25)27-21-11-22(24(30)12-23(21)29(5)6)28-20-10-8-18(26)14(2)16(20)4/h9-16,18-21H,7-8,17H2,1-6H3,(H3,31,33,37);11-14,17-18,34H,7-10,15-16,31-32H2,1-6H3;5-8,10-11H,9,25-26H2,1-4H3,(H3,27,29,31);7-12,28H,25-26H2,1-6H3. The van der Waals surface area contributed by atoms with Crippen LogP contribution in [0.3, 0.4) is 0 Å². The zero-order chi connectivity index (χ0) is 98.5. The second-order valence-electron chi connectivity index (χ2n) is 34.9. The summed E-state index contributed by atoms with van der Waals surface area (Å²) >= 11 is 0. The van der Waals surface area contributed by atoms with Crippen LogP contribution in [0.4, 0.5) is 89.2 Å². The number of anilines is 10. The number of hydrogen-bond acceptors (Lipinski definition) is 22. The van der Waals surface area contributed by atoms with Crippen molar-refractivity contribution in [3.05, 3.63) is 293 Å². The molecule has 8 aromatic carbocycles. The van der Waals surface area contributed by atoms with E-state index in [1.807, 2.05) is 199 Å². The number of hydrogen-bond donors (Lipinski definition) is 12. The number of rotatable bonds is 28. The largest absolute Gasteiger partial charge is 0.399 e. The molecule has 0 aliphatic heterocycles. The molecule has 26 heteroatoms. The third-order valence-electron chi connectivity index (χ3n) is 25.1. The second-order valence-corrected chi connectivity index (χ2v) is 34.9. The summed E-state index contributed by atoms with van der Waals surface area (Å²) in [5.41, 5.74) is 79.1. The first-order valence-electron chi connectivity index (χ1n) is 45.7. The van der Waals surface area contributed by atoms with E-state index in [-0.39, 0.29) is 28.8 Å². The van der Waals surface area contributed by atoms with Gasteiger partial charge in [-0.1, -0.05) is 44.9 Å². The van der Waals surface area contributed by atoms with Crippen LogP contribution < -0.4 is 76.9 Å². The number of unbranched alkanes of at least 4 members (excludes halogenated alkanes) is 2. The van der Waals surface area contributed by atoms with Crippen molar-refractivity contribution in [2.75, 3.05) is 95.1 Å². The van der Waals surface area contributed by atoms with Crippen molar-refractivity contribution >= 4 is 138 Å². The molecule has 8 aromatic rings. The topological polar surface area (TPSA) is 421 Å². The zero-order valence-electron chi connectivity index (χ0n) is 82.0. The molecule has 0 spiro atoms. The Kier molecular flexibility index (Phi) is 35.6. The third-order valence-corrected chi connectivity index (χ3v) is 25.1. The van der Waals surface area contributed by atoms with Gasteiger partial charge in [0.25, 0.3) is 0 Å². The maximum absolute atomic E-state index is 13.4. The normalized spacial score (nSPS) is 14.8. The monoisotopic (exact) mass is 1810 g/mol. The van der Waals surface area contributed by atoms with Crippen molar-refractivity contribution < 1.29 is 28.8 Å². The number of nitrogens with zero attached hydrogens (tertiary/aromatic N) is 8. The Balaban J connectivity index is 0.000000201. The van der Waals surface area contributed by atoms with Crippen molar-refractivity contribution in [3.63, 3.8) is 0 Å². The molecule has 0 unspecified atom stereocenters. The fraction of sp³-hybridized carbons (Fsp3) is 0.315. The first kappa shape index (κ1) is 103. The minimum absolute atomic E-state index is 0.0546. The van der Waals surface area contributed by atoms with Crippen LogP contribution in [0.1, 0.15) is 159 Å². The van der Waals surface area contributed by atoms with Gasteiger partial charge in [-0.15, -0.1) is 0 Å². The molecule has 4 aliphatic carbocycles. The predicted octanol–water partition coefficient (Wildman–Crippen LogP) is 19.7. The zero-order valence-corrected chi connectivity index (χ0v) is 82.0. The number of carbonyl (C=O) groups excluding carboxylic acids is 6. The Morgan fingerprint density at radius 3 is 1.07 bits per heavy atom. The van der Waals surface area contributed by atoms with Crippen LogP contribution in [-0.2, 0) is 32.0 Å². The van der Waals surface area contributed by atoms with E-state index in [1.54, 1.807) is 36.4 Å². The molecule has 4 amide bonds. The van der Waals surface area contributed by atoms with E-state index in [2.05, 4.69) is 116 Å². The van der Waals surface area contributed by atoms with E-state index in [4.69, 9.17) is 65.8 Å².